The van der Waals surface area contributed by atoms with Crippen LogP contribution in [0.15, 0.2) is 0 Å². The second-order valence-corrected chi connectivity index (χ2v) is 27.1. The van der Waals surface area contributed by atoms with Gasteiger partial charge >= 0.3 is 11.9 Å². The normalized spacial score (nSPS) is 11.9. The van der Waals surface area contributed by atoms with Gasteiger partial charge in [-0.05, 0) is 11.2 Å². The standard InChI is InChI=1S/C24H44O8S15/c25-10-39-12-33-3-1-31-22(27)7-36-15-41-14-35-5-6-47(30)21-45-19-43-18-44-20-46-24(29)9-38-17-42-16-37-8-23(28)32-2-4-34-13-40-11-26/h25-26H,1-21H2. The minimum Gasteiger partial charge on any atom is -0.616 e. The summed E-state index contributed by atoms with van der Waals surface area (Å²) < 4.78 is 22.5. The summed E-state index contributed by atoms with van der Waals surface area (Å²) in [5.41, 5.74) is 0. The first-order valence-corrected chi connectivity index (χ1v) is 31.0. The molecule has 0 bridgehead atoms. The predicted molar refractivity (Wildman–Crippen MR) is 238 cm³/mol. The zero-order valence-corrected chi connectivity index (χ0v) is 38.1. The van der Waals surface area contributed by atoms with E-state index >= 15 is 0 Å². The second kappa shape index (κ2) is 42.5. The Balaban J connectivity index is 3.35. The van der Waals surface area contributed by atoms with Gasteiger partial charge in [-0.25, -0.2) is 0 Å². The number of thioether (sulfide) groups is 14. The Labute approximate surface area is 343 Å². The van der Waals surface area contributed by atoms with Gasteiger partial charge in [0, 0.05) is 63.0 Å². The van der Waals surface area contributed by atoms with E-state index < -0.39 is 11.2 Å². The molecule has 278 valence electrons. The first-order valence-electron chi connectivity index (χ1n) is 13.5. The first kappa shape index (κ1) is 50.7. The maximum atomic E-state index is 12.2. The van der Waals surface area contributed by atoms with Crippen LogP contribution < -0.4 is 0 Å². The zero-order valence-electron chi connectivity index (χ0n) is 25.8. The van der Waals surface area contributed by atoms with Gasteiger partial charge in [0.15, 0.2) is 10.2 Å². The second-order valence-electron chi connectivity index (χ2n) is 7.74. The van der Waals surface area contributed by atoms with Crippen molar-refractivity contribution in [2.45, 2.75) is 0 Å². The van der Waals surface area contributed by atoms with E-state index in [0.29, 0.717) is 41.3 Å². The molecule has 0 aliphatic heterocycles. The number of aliphatic hydroxyl groups is 2. The predicted octanol–water partition coefficient (Wildman–Crippen LogP) is 7.09. The van der Waals surface area contributed by atoms with Crippen molar-refractivity contribution >= 4 is 193 Å². The quantitative estimate of drug-likeness (QED) is 0.0284. The number of aliphatic hydroxyl groups excluding tert-OH is 2. The lowest BCUT2D eigenvalue weighted by atomic mass is 10.8. The molecular formula is C24H44O8S15. The van der Waals surface area contributed by atoms with Crippen LogP contribution >= 0.6 is 165 Å². The Morgan fingerprint density at radius 1 is 0.511 bits per heavy atom. The van der Waals surface area contributed by atoms with Crippen LogP contribution in [0.3, 0.4) is 0 Å². The molecule has 0 aromatic carbocycles. The molecule has 0 fully saturated rings. The smallest absolute Gasteiger partial charge is 0.315 e. The first-order chi connectivity index (χ1) is 23.0. The van der Waals surface area contributed by atoms with Crippen LogP contribution in [0.2, 0.25) is 0 Å². The fourth-order valence-electron chi connectivity index (χ4n) is 2.23. The van der Waals surface area contributed by atoms with E-state index in [1.807, 2.05) is 0 Å². The lowest BCUT2D eigenvalue weighted by Gasteiger charge is -2.10. The van der Waals surface area contributed by atoms with Gasteiger partial charge in [0.25, 0.3) is 0 Å². The fraction of sp³-hybridized carbons (Fsp3) is 0.875. The van der Waals surface area contributed by atoms with E-state index in [-0.39, 0.29) is 28.9 Å². The van der Waals surface area contributed by atoms with Gasteiger partial charge < -0.3 is 24.2 Å². The van der Waals surface area contributed by atoms with Crippen LogP contribution in [-0.4, -0.2) is 148 Å². The summed E-state index contributed by atoms with van der Waals surface area (Å²) in [4.78, 5) is 35.4. The highest BCUT2D eigenvalue weighted by molar-refractivity contribution is 8.30. The number of ether oxygens (including phenoxy) is 2. The maximum absolute atomic E-state index is 12.2. The Morgan fingerprint density at radius 3 is 1.49 bits per heavy atom. The third-order valence-electron chi connectivity index (χ3n) is 4.13. The third kappa shape index (κ3) is 42.3. The lowest BCUT2D eigenvalue weighted by Crippen LogP contribution is -2.11. The number of esters is 2. The van der Waals surface area contributed by atoms with Crippen molar-refractivity contribution in [2.24, 2.45) is 0 Å². The molecule has 0 aromatic rings. The largest absolute Gasteiger partial charge is 0.616 e. The summed E-state index contributed by atoms with van der Waals surface area (Å²) in [6.07, 6.45) is 0. The SMILES string of the molecule is O=C(CSCSCSCC[S+]([O-])CSCSCSCSC(=O)CSCSCSCC(=O)OCCSCSCO)OCCSCSCO. The van der Waals surface area contributed by atoms with Crippen LogP contribution in [0.25, 0.3) is 0 Å². The number of hydrogen-bond acceptors (Lipinski definition) is 22. The molecule has 0 saturated carbocycles. The molecule has 0 radical (unpaired) electrons. The van der Waals surface area contributed by atoms with Crippen LogP contribution in [-0.2, 0) is 35.0 Å². The Kier molecular flexibility index (Phi) is 45.9. The maximum Gasteiger partial charge on any atom is 0.315 e. The Bertz CT molecular complexity index is 736. The summed E-state index contributed by atoms with van der Waals surface area (Å²) in [6, 6.07) is 0. The molecule has 47 heavy (non-hydrogen) atoms. The summed E-state index contributed by atoms with van der Waals surface area (Å²) >= 11 is 21.9. The number of hydrogen-bond donors (Lipinski definition) is 2. The molecule has 0 saturated heterocycles. The van der Waals surface area contributed by atoms with Gasteiger partial charge in [0.1, 0.15) is 19.0 Å². The number of carbonyl (C=O) groups is 3. The molecule has 0 spiro atoms. The Morgan fingerprint density at radius 2 is 0.936 bits per heavy atom. The van der Waals surface area contributed by atoms with Crippen LogP contribution in [0.1, 0.15) is 0 Å². The molecule has 8 nitrogen and oxygen atoms in total. The van der Waals surface area contributed by atoms with Crippen molar-refractivity contribution < 1.29 is 38.6 Å². The number of rotatable bonds is 37. The van der Waals surface area contributed by atoms with Crippen LogP contribution in [0.4, 0.5) is 0 Å². The summed E-state index contributed by atoms with van der Waals surface area (Å²) in [5, 5.41) is 25.7. The fourth-order valence-corrected chi connectivity index (χ4v) is 18.4. The van der Waals surface area contributed by atoms with Gasteiger partial charge in [-0.15, -0.1) is 141 Å². The molecule has 0 heterocycles. The average molecular weight is 942 g/mol. The van der Waals surface area contributed by atoms with E-state index in [4.69, 9.17) is 19.7 Å². The van der Waals surface area contributed by atoms with E-state index in [1.165, 1.54) is 47.0 Å². The molecule has 2 N–H and O–H groups in total. The minimum atomic E-state index is -0.819. The zero-order chi connectivity index (χ0) is 34.5. The van der Waals surface area contributed by atoms with Crippen molar-refractivity contribution in [3.8, 4) is 0 Å². The van der Waals surface area contributed by atoms with Crippen molar-refractivity contribution in [3.05, 3.63) is 0 Å². The van der Waals surface area contributed by atoms with Gasteiger partial charge in [-0.3, -0.25) is 14.4 Å². The van der Waals surface area contributed by atoms with Gasteiger partial charge in [-0.1, -0.05) is 23.5 Å². The van der Waals surface area contributed by atoms with Crippen molar-refractivity contribution in [1.82, 2.24) is 0 Å². The van der Waals surface area contributed by atoms with E-state index in [2.05, 4.69) is 0 Å². The topological polar surface area (TPSA) is 133 Å². The van der Waals surface area contributed by atoms with E-state index in [1.54, 1.807) is 118 Å². The molecule has 0 rings (SSSR count). The van der Waals surface area contributed by atoms with Gasteiger partial charge in [0.2, 0.25) is 0 Å². The molecule has 0 aliphatic rings. The van der Waals surface area contributed by atoms with Crippen LogP contribution in [0, 0.1) is 0 Å². The average Bonchev–Trinajstić information content (AvgIpc) is 3.06. The summed E-state index contributed by atoms with van der Waals surface area (Å²) in [6.45, 7) is 0.810. The summed E-state index contributed by atoms with van der Waals surface area (Å²) in [7, 11) is 0. The molecular weight excluding hydrogens is 897 g/mol. The van der Waals surface area contributed by atoms with Gasteiger partial charge in [0.05, 0.1) is 29.1 Å². The van der Waals surface area contributed by atoms with E-state index in [0.717, 1.165) is 63.0 Å². The highest BCUT2D eigenvalue weighted by Gasteiger charge is 2.08. The monoisotopic (exact) mass is 940 g/mol. The molecule has 23 heteroatoms. The highest BCUT2D eigenvalue weighted by Crippen LogP contribution is 2.25. The van der Waals surface area contributed by atoms with Crippen molar-refractivity contribution in [1.29, 1.82) is 0 Å². The van der Waals surface area contributed by atoms with Crippen molar-refractivity contribution in [3.63, 3.8) is 0 Å². The molecule has 0 aliphatic carbocycles. The third-order valence-corrected chi connectivity index (χ3v) is 22.3. The summed E-state index contributed by atoms with van der Waals surface area (Å²) in [5.74, 6) is 4.08. The van der Waals surface area contributed by atoms with Crippen molar-refractivity contribution in [2.75, 3.05) is 116 Å². The lowest BCUT2D eigenvalue weighted by molar-refractivity contribution is -0.140. The highest BCUT2D eigenvalue weighted by atomic mass is 32.3. The van der Waals surface area contributed by atoms with Crippen LogP contribution in [0.5, 0.6) is 0 Å². The molecule has 1 atom stereocenters. The molecule has 1 unspecified atom stereocenters. The van der Waals surface area contributed by atoms with E-state index in [9.17, 15) is 18.9 Å². The minimum absolute atomic E-state index is 0.111. The Hall–Kier alpha value is 3.74. The molecule has 0 amide bonds. The number of carbonyl (C=O) groups excluding carboxylic acids is 3. The van der Waals surface area contributed by atoms with Gasteiger partial charge in [-0.2, -0.15) is 0 Å². The molecule has 0 aromatic heterocycles.